The molecular weight excluding hydrogens is 250 g/mol. The number of ether oxygens (including phenoxy) is 1. The summed E-state index contributed by atoms with van der Waals surface area (Å²) in [5.41, 5.74) is 0. The molecule has 0 spiro atoms. The lowest BCUT2D eigenvalue weighted by atomic mass is 9.95. The zero-order valence-electron chi connectivity index (χ0n) is 10.9. The summed E-state index contributed by atoms with van der Waals surface area (Å²) in [6.07, 6.45) is 3.76. The molecule has 108 valence electrons. The topological polar surface area (TPSA) is 95.9 Å². The lowest BCUT2D eigenvalue weighted by Gasteiger charge is -2.23. The molecule has 3 N–H and O–H groups in total. The van der Waals surface area contributed by atoms with Gasteiger partial charge in [-0.1, -0.05) is 38.3 Å². The molecule has 0 bridgehead atoms. The summed E-state index contributed by atoms with van der Waals surface area (Å²) in [4.78, 5) is 22.3. The van der Waals surface area contributed by atoms with E-state index in [0.29, 0.717) is 12.3 Å². The van der Waals surface area contributed by atoms with Crippen LogP contribution in [0.3, 0.4) is 0 Å². The normalized spacial score (nSPS) is 18.6. The van der Waals surface area contributed by atoms with E-state index >= 15 is 0 Å². The lowest BCUT2D eigenvalue weighted by Crippen LogP contribution is -2.48. The van der Waals surface area contributed by atoms with Gasteiger partial charge >= 0.3 is 12.1 Å². The van der Waals surface area contributed by atoms with E-state index in [1.54, 1.807) is 0 Å². The van der Waals surface area contributed by atoms with Crippen LogP contribution in [0.5, 0.6) is 0 Å². The van der Waals surface area contributed by atoms with Crippen molar-refractivity contribution in [3.8, 4) is 0 Å². The first-order chi connectivity index (χ1) is 9.04. The molecular formula is C13H21NO5. The number of hydrogen-bond acceptors (Lipinski definition) is 4. The summed E-state index contributed by atoms with van der Waals surface area (Å²) in [7, 11) is 0. The van der Waals surface area contributed by atoms with E-state index in [9.17, 15) is 14.7 Å². The standard InChI is InChI=1S/C13H21NO5/c1-2-7-19-13(18)14-10(11(15)12(16)17)8-9-5-3-4-6-9/h2,9-11,15H,1,3-8H2,(H,14,18)(H,16,17). The van der Waals surface area contributed by atoms with Crippen LogP contribution < -0.4 is 5.32 Å². The first kappa shape index (κ1) is 15.5. The van der Waals surface area contributed by atoms with Gasteiger partial charge in [0.1, 0.15) is 6.61 Å². The highest BCUT2D eigenvalue weighted by molar-refractivity contribution is 5.75. The van der Waals surface area contributed by atoms with Crippen LogP contribution in [0.15, 0.2) is 12.7 Å². The number of nitrogens with one attached hydrogen (secondary N) is 1. The molecule has 6 heteroatoms. The number of alkyl carbamates (subject to hydrolysis) is 1. The molecule has 1 aliphatic carbocycles. The second-order valence-electron chi connectivity index (χ2n) is 4.81. The van der Waals surface area contributed by atoms with Crippen molar-refractivity contribution in [3.63, 3.8) is 0 Å². The van der Waals surface area contributed by atoms with Gasteiger partial charge in [-0.3, -0.25) is 0 Å². The van der Waals surface area contributed by atoms with Crippen LogP contribution in [0.4, 0.5) is 4.79 Å². The predicted octanol–water partition coefficient (Wildman–Crippen LogP) is 1.29. The van der Waals surface area contributed by atoms with Crippen LogP contribution in [0, 0.1) is 5.92 Å². The molecule has 0 aromatic heterocycles. The smallest absolute Gasteiger partial charge is 0.407 e. The van der Waals surface area contributed by atoms with E-state index in [-0.39, 0.29) is 6.61 Å². The average Bonchev–Trinajstić information content (AvgIpc) is 2.87. The molecule has 1 aliphatic rings. The first-order valence-corrected chi connectivity index (χ1v) is 6.49. The van der Waals surface area contributed by atoms with Crippen LogP contribution in [0.2, 0.25) is 0 Å². The maximum Gasteiger partial charge on any atom is 0.407 e. The fourth-order valence-electron chi connectivity index (χ4n) is 2.37. The zero-order valence-corrected chi connectivity index (χ0v) is 10.9. The van der Waals surface area contributed by atoms with Gasteiger partial charge in [0.2, 0.25) is 0 Å². The lowest BCUT2D eigenvalue weighted by molar-refractivity contribution is -0.148. The molecule has 1 amide bonds. The quantitative estimate of drug-likeness (QED) is 0.606. The van der Waals surface area contributed by atoms with Crippen molar-refractivity contribution >= 4 is 12.1 Å². The summed E-state index contributed by atoms with van der Waals surface area (Å²) < 4.78 is 4.74. The first-order valence-electron chi connectivity index (χ1n) is 6.49. The number of rotatable bonds is 7. The summed E-state index contributed by atoms with van der Waals surface area (Å²) in [6, 6.07) is -0.821. The summed E-state index contributed by atoms with van der Waals surface area (Å²) in [6.45, 7) is 3.46. The Morgan fingerprint density at radius 1 is 1.42 bits per heavy atom. The van der Waals surface area contributed by atoms with Crippen molar-refractivity contribution in [3.05, 3.63) is 12.7 Å². The third-order valence-electron chi connectivity index (χ3n) is 3.33. The predicted molar refractivity (Wildman–Crippen MR) is 68.7 cm³/mol. The molecule has 6 nitrogen and oxygen atoms in total. The van der Waals surface area contributed by atoms with E-state index in [1.807, 2.05) is 0 Å². The van der Waals surface area contributed by atoms with Crippen molar-refractivity contribution in [2.75, 3.05) is 6.61 Å². The van der Waals surface area contributed by atoms with Gasteiger partial charge < -0.3 is 20.3 Å². The Bertz CT molecular complexity index is 325. The fraction of sp³-hybridized carbons (Fsp3) is 0.692. The highest BCUT2D eigenvalue weighted by atomic mass is 16.5. The molecule has 0 aromatic carbocycles. The largest absolute Gasteiger partial charge is 0.479 e. The van der Waals surface area contributed by atoms with E-state index < -0.39 is 24.2 Å². The molecule has 0 heterocycles. The van der Waals surface area contributed by atoms with Crippen LogP contribution in [0.1, 0.15) is 32.1 Å². The van der Waals surface area contributed by atoms with Gasteiger partial charge in [-0.25, -0.2) is 9.59 Å². The summed E-state index contributed by atoms with van der Waals surface area (Å²) in [5.74, 6) is -0.995. The van der Waals surface area contributed by atoms with E-state index in [1.165, 1.54) is 6.08 Å². The zero-order chi connectivity index (χ0) is 14.3. The highest BCUT2D eigenvalue weighted by Crippen LogP contribution is 2.29. The minimum absolute atomic E-state index is 0.0468. The number of carbonyl (C=O) groups is 2. The van der Waals surface area contributed by atoms with Crippen molar-refractivity contribution in [2.45, 2.75) is 44.2 Å². The van der Waals surface area contributed by atoms with Crippen molar-refractivity contribution < 1.29 is 24.5 Å². The van der Waals surface area contributed by atoms with Crippen LogP contribution in [-0.2, 0) is 9.53 Å². The molecule has 2 atom stereocenters. The van der Waals surface area contributed by atoms with Crippen LogP contribution >= 0.6 is 0 Å². The minimum atomic E-state index is -1.61. The average molecular weight is 271 g/mol. The van der Waals surface area contributed by atoms with Gasteiger partial charge in [0.05, 0.1) is 6.04 Å². The monoisotopic (exact) mass is 271 g/mol. The molecule has 0 saturated heterocycles. The molecule has 2 unspecified atom stereocenters. The number of carboxylic acid groups (broad SMARTS) is 1. The Morgan fingerprint density at radius 3 is 2.58 bits per heavy atom. The van der Waals surface area contributed by atoms with E-state index in [2.05, 4.69) is 11.9 Å². The third kappa shape index (κ3) is 5.30. The fourth-order valence-corrected chi connectivity index (χ4v) is 2.37. The summed E-state index contributed by atoms with van der Waals surface area (Å²) >= 11 is 0. The van der Waals surface area contributed by atoms with Gasteiger partial charge in [0.25, 0.3) is 0 Å². The van der Waals surface area contributed by atoms with Crippen LogP contribution in [0.25, 0.3) is 0 Å². The molecule has 1 fully saturated rings. The Hall–Kier alpha value is -1.56. The molecule has 0 radical (unpaired) electrons. The number of aliphatic carboxylic acids is 1. The van der Waals surface area contributed by atoms with Crippen molar-refractivity contribution in [2.24, 2.45) is 5.92 Å². The minimum Gasteiger partial charge on any atom is -0.479 e. The second kappa shape index (κ2) is 7.78. The third-order valence-corrected chi connectivity index (χ3v) is 3.33. The number of amides is 1. The summed E-state index contributed by atoms with van der Waals surface area (Å²) in [5, 5.41) is 20.9. The molecule has 0 aliphatic heterocycles. The molecule has 1 rings (SSSR count). The Labute approximate surface area is 112 Å². The van der Waals surface area contributed by atoms with Crippen molar-refractivity contribution in [1.29, 1.82) is 0 Å². The van der Waals surface area contributed by atoms with E-state index in [0.717, 1.165) is 25.7 Å². The number of aliphatic hydroxyl groups is 1. The maximum atomic E-state index is 11.4. The molecule has 0 aromatic rings. The Balaban J connectivity index is 2.54. The van der Waals surface area contributed by atoms with Crippen molar-refractivity contribution in [1.82, 2.24) is 5.32 Å². The van der Waals surface area contributed by atoms with Gasteiger partial charge in [-0.15, -0.1) is 0 Å². The SMILES string of the molecule is C=CCOC(=O)NC(CC1CCCC1)C(O)C(=O)O. The number of carbonyl (C=O) groups excluding carboxylic acids is 1. The number of carboxylic acids is 1. The Kier molecular flexibility index (Phi) is 6.35. The molecule has 1 saturated carbocycles. The van der Waals surface area contributed by atoms with E-state index in [4.69, 9.17) is 9.84 Å². The molecule has 19 heavy (non-hydrogen) atoms. The maximum absolute atomic E-state index is 11.4. The van der Waals surface area contributed by atoms with Crippen LogP contribution in [-0.4, -0.2) is 41.0 Å². The second-order valence-corrected chi connectivity index (χ2v) is 4.81. The highest BCUT2D eigenvalue weighted by Gasteiger charge is 2.31. The van der Waals surface area contributed by atoms with Gasteiger partial charge in [0, 0.05) is 0 Å². The number of aliphatic hydroxyl groups excluding tert-OH is 1. The number of hydrogen-bond donors (Lipinski definition) is 3. The van der Waals surface area contributed by atoms with Gasteiger partial charge in [-0.2, -0.15) is 0 Å². The van der Waals surface area contributed by atoms with Gasteiger partial charge in [-0.05, 0) is 12.3 Å². The van der Waals surface area contributed by atoms with Gasteiger partial charge in [0.15, 0.2) is 6.10 Å². The Morgan fingerprint density at radius 2 is 2.05 bits per heavy atom.